The maximum Gasteiger partial charge on any atom is 0.249 e. The van der Waals surface area contributed by atoms with E-state index in [1.54, 1.807) is 49.6 Å². The number of benzene rings is 3. The third-order valence-electron chi connectivity index (χ3n) is 7.27. The number of nitrogens with one attached hydrogen (secondary N) is 1. The molecule has 0 spiro atoms. The topological polar surface area (TPSA) is 142 Å². The van der Waals surface area contributed by atoms with Gasteiger partial charge in [0.15, 0.2) is 0 Å². The lowest BCUT2D eigenvalue weighted by Gasteiger charge is -2.35. The molecule has 0 unspecified atom stereocenters. The average molecular weight is 584 g/mol. The highest BCUT2D eigenvalue weighted by Gasteiger charge is 2.36. The van der Waals surface area contributed by atoms with Crippen molar-refractivity contribution in [2.24, 2.45) is 0 Å². The molecule has 5 aromatic rings. The number of aromatic nitrogens is 7. The van der Waals surface area contributed by atoms with Crippen LogP contribution in [-0.2, 0) is 16.1 Å². The molecular weight excluding hydrogens is 550 g/mol. The van der Waals surface area contributed by atoms with Crippen molar-refractivity contribution in [3.63, 3.8) is 0 Å². The predicted octanol–water partition coefficient (Wildman–Crippen LogP) is 3.50. The van der Waals surface area contributed by atoms with Gasteiger partial charge in [-0.3, -0.25) is 14.5 Å². The van der Waals surface area contributed by atoms with E-state index in [0.29, 0.717) is 45.9 Å². The van der Waals surface area contributed by atoms with Gasteiger partial charge >= 0.3 is 0 Å². The van der Waals surface area contributed by atoms with E-state index in [1.807, 2.05) is 45.0 Å². The molecule has 0 radical (unpaired) electrons. The van der Waals surface area contributed by atoms with Gasteiger partial charge in [-0.1, -0.05) is 36.4 Å². The Morgan fingerprint density at radius 1 is 1.00 bits per heavy atom. The van der Waals surface area contributed by atoms with Crippen LogP contribution in [0, 0.1) is 0 Å². The molecule has 3 aromatic carbocycles. The first-order chi connectivity index (χ1) is 20.7. The predicted molar refractivity (Wildman–Crippen MR) is 159 cm³/mol. The summed E-state index contributed by atoms with van der Waals surface area (Å²) in [6.07, 6.45) is 2.12. The second kappa shape index (κ2) is 12.3. The number of carbonyl (C=O) groups excluding carboxylic acids is 2. The number of rotatable bonds is 11. The van der Waals surface area contributed by atoms with Gasteiger partial charge in [0.25, 0.3) is 0 Å². The van der Waals surface area contributed by atoms with E-state index in [0.717, 1.165) is 0 Å². The molecule has 43 heavy (non-hydrogen) atoms. The van der Waals surface area contributed by atoms with Gasteiger partial charge in [0.1, 0.15) is 41.6 Å². The molecule has 0 saturated heterocycles. The highest BCUT2D eigenvalue weighted by Crippen LogP contribution is 2.35. The molecule has 0 saturated carbocycles. The van der Waals surface area contributed by atoms with Crippen LogP contribution in [0.15, 0.2) is 73.1 Å². The van der Waals surface area contributed by atoms with Crippen LogP contribution in [0.4, 0.5) is 5.69 Å². The SMILES string of the molecule is CCC(C)(C)NC(=O)[C@H](c1cccc(OC)c1)N(C(=O)Cn1nnc2ccccc21)c1ccc(-n2cnnn2)c(OC)c1. The number of hydrogen-bond acceptors (Lipinski definition) is 9. The zero-order valence-electron chi connectivity index (χ0n) is 24.6. The minimum Gasteiger partial charge on any atom is -0.497 e. The molecule has 13 nitrogen and oxygen atoms in total. The summed E-state index contributed by atoms with van der Waals surface area (Å²) in [5.74, 6) is 0.185. The van der Waals surface area contributed by atoms with Crippen LogP contribution in [0.1, 0.15) is 38.8 Å². The summed E-state index contributed by atoms with van der Waals surface area (Å²) < 4.78 is 14.1. The molecule has 13 heteroatoms. The summed E-state index contributed by atoms with van der Waals surface area (Å²) in [5, 5.41) is 22.9. The number of methoxy groups -OCH3 is 2. The normalized spacial score (nSPS) is 12.1. The number of fused-ring (bicyclic) bond motifs is 1. The molecule has 0 fully saturated rings. The summed E-state index contributed by atoms with van der Waals surface area (Å²) >= 11 is 0. The quantitative estimate of drug-likeness (QED) is 0.247. The van der Waals surface area contributed by atoms with E-state index in [9.17, 15) is 9.59 Å². The van der Waals surface area contributed by atoms with Gasteiger partial charge in [-0.05, 0) is 72.7 Å². The Morgan fingerprint density at radius 3 is 2.53 bits per heavy atom. The molecule has 0 aliphatic heterocycles. The first-order valence-electron chi connectivity index (χ1n) is 13.7. The third kappa shape index (κ3) is 6.15. The van der Waals surface area contributed by atoms with Gasteiger partial charge in [-0.2, -0.15) is 4.68 Å². The highest BCUT2D eigenvalue weighted by molar-refractivity contribution is 6.02. The fourth-order valence-corrected chi connectivity index (χ4v) is 4.67. The van der Waals surface area contributed by atoms with Crippen molar-refractivity contribution >= 4 is 28.5 Å². The fraction of sp³-hybridized carbons (Fsp3) is 0.300. The van der Waals surface area contributed by atoms with Crippen LogP contribution in [0.5, 0.6) is 11.5 Å². The van der Waals surface area contributed by atoms with Crippen molar-refractivity contribution < 1.29 is 19.1 Å². The summed E-state index contributed by atoms with van der Waals surface area (Å²) in [6, 6.07) is 18.5. The van der Waals surface area contributed by atoms with Crippen LogP contribution in [0.2, 0.25) is 0 Å². The van der Waals surface area contributed by atoms with Gasteiger partial charge in [0.2, 0.25) is 11.8 Å². The van der Waals surface area contributed by atoms with Gasteiger partial charge in [-0.15, -0.1) is 10.2 Å². The number of tetrazole rings is 1. The number of carbonyl (C=O) groups is 2. The number of hydrogen-bond donors (Lipinski definition) is 1. The van der Waals surface area contributed by atoms with Gasteiger partial charge < -0.3 is 14.8 Å². The van der Waals surface area contributed by atoms with Gasteiger partial charge in [0.05, 0.1) is 19.7 Å². The number of amides is 2. The zero-order valence-corrected chi connectivity index (χ0v) is 24.6. The zero-order chi connectivity index (χ0) is 30.6. The van der Waals surface area contributed by atoms with Crippen molar-refractivity contribution in [1.29, 1.82) is 0 Å². The monoisotopic (exact) mass is 583 g/mol. The number of ether oxygens (including phenoxy) is 2. The first kappa shape index (κ1) is 29.2. The first-order valence-corrected chi connectivity index (χ1v) is 13.7. The van der Waals surface area contributed by atoms with Crippen molar-refractivity contribution in [3.8, 4) is 17.2 Å². The third-order valence-corrected chi connectivity index (χ3v) is 7.27. The van der Waals surface area contributed by atoms with Crippen LogP contribution in [0.3, 0.4) is 0 Å². The van der Waals surface area contributed by atoms with Crippen molar-refractivity contribution in [2.45, 2.75) is 45.3 Å². The Balaban J connectivity index is 1.67. The number of para-hydroxylation sites is 1. The molecule has 2 amide bonds. The van der Waals surface area contributed by atoms with Crippen LogP contribution in [-0.4, -0.2) is 66.8 Å². The van der Waals surface area contributed by atoms with E-state index in [-0.39, 0.29) is 12.5 Å². The Morgan fingerprint density at radius 2 is 1.81 bits per heavy atom. The lowest BCUT2D eigenvalue weighted by atomic mass is 9.98. The molecule has 0 bridgehead atoms. The summed E-state index contributed by atoms with van der Waals surface area (Å²) in [4.78, 5) is 30.1. The second-order valence-corrected chi connectivity index (χ2v) is 10.5. The van der Waals surface area contributed by atoms with E-state index in [2.05, 4.69) is 31.2 Å². The molecule has 1 atom stereocenters. The molecule has 222 valence electrons. The molecular formula is C30H33N9O4. The van der Waals surface area contributed by atoms with E-state index >= 15 is 0 Å². The lowest BCUT2D eigenvalue weighted by molar-refractivity contribution is -0.128. The smallest absolute Gasteiger partial charge is 0.249 e. The molecule has 5 rings (SSSR count). The van der Waals surface area contributed by atoms with Crippen molar-refractivity contribution in [3.05, 3.63) is 78.6 Å². The lowest BCUT2D eigenvalue weighted by Crippen LogP contribution is -2.51. The highest BCUT2D eigenvalue weighted by atomic mass is 16.5. The van der Waals surface area contributed by atoms with Gasteiger partial charge in [-0.25, -0.2) is 4.68 Å². The van der Waals surface area contributed by atoms with E-state index in [1.165, 1.54) is 27.7 Å². The molecule has 2 aromatic heterocycles. The Labute approximate surface area is 248 Å². The van der Waals surface area contributed by atoms with Crippen LogP contribution < -0.4 is 19.7 Å². The van der Waals surface area contributed by atoms with E-state index in [4.69, 9.17) is 9.47 Å². The van der Waals surface area contributed by atoms with Crippen LogP contribution in [0.25, 0.3) is 16.7 Å². The van der Waals surface area contributed by atoms with E-state index < -0.39 is 17.5 Å². The van der Waals surface area contributed by atoms with Crippen molar-refractivity contribution in [1.82, 2.24) is 40.5 Å². The summed E-state index contributed by atoms with van der Waals surface area (Å²) in [5.41, 5.74) is 2.34. The molecule has 0 aliphatic carbocycles. The fourth-order valence-electron chi connectivity index (χ4n) is 4.67. The molecule has 2 heterocycles. The summed E-state index contributed by atoms with van der Waals surface area (Å²) in [7, 11) is 3.06. The summed E-state index contributed by atoms with van der Waals surface area (Å²) in [6.45, 7) is 5.68. The van der Waals surface area contributed by atoms with Crippen LogP contribution >= 0.6 is 0 Å². The molecule has 0 aliphatic rings. The largest absolute Gasteiger partial charge is 0.497 e. The van der Waals surface area contributed by atoms with Crippen molar-refractivity contribution in [2.75, 3.05) is 19.1 Å². The Bertz CT molecular complexity index is 1730. The minimum atomic E-state index is -1.08. The Hall–Kier alpha value is -5.33. The number of anilines is 1. The number of nitrogens with zero attached hydrogens (tertiary/aromatic N) is 8. The molecule has 1 N–H and O–H groups in total. The average Bonchev–Trinajstić information content (AvgIpc) is 3.70. The maximum atomic E-state index is 14.4. The minimum absolute atomic E-state index is 0.178. The second-order valence-electron chi connectivity index (χ2n) is 10.5. The maximum absolute atomic E-state index is 14.4. The standard InChI is InChI=1S/C30H33N9O4/c1-6-30(2,3)32-29(41)28(20-10-9-11-22(16-20)42-4)39(27(40)18-37-24-13-8-7-12-23(24)33-35-37)21-14-15-25(26(17-21)43-5)38-19-31-34-36-38/h7-17,19,28H,6,18H2,1-5H3,(H,32,41)/t28-/m0/s1. The van der Waals surface area contributed by atoms with Gasteiger partial charge in [0, 0.05) is 17.3 Å². The Kier molecular flexibility index (Phi) is 8.32.